The number of rotatable bonds is 7. The summed E-state index contributed by atoms with van der Waals surface area (Å²) < 4.78 is 34.6. The third-order valence-corrected chi connectivity index (χ3v) is 5.94. The van der Waals surface area contributed by atoms with Crippen LogP contribution in [0.4, 0.5) is 0 Å². The highest BCUT2D eigenvalue weighted by Gasteiger charge is 2.24. The van der Waals surface area contributed by atoms with E-state index in [1.54, 1.807) is 30.3 Å². The van der Waals surface area contributed by atoms with Crippen LogP contribution in [-0.4, -0.2) is 100 Å². The van der Waals surface area contributed by atoms with Crippen LogP contribution in [-0.2, 0) is 19.6 Å². The monoisotopic (exact) mass is 397 g/mol. The lowest BCUT2D eigenvalue weighted by Gasteiger charge is -2.36. The van der Waals surface area contributed by atoms with Crippen molar-refractivity contribution in [3.05, 3.63) is 30.3 Å². The number of para-hydroxylation sites is 1. The molecule has 1 aromatic carbocycles. The first-order valence-electron chi connectivity index (χ1n) is 9.29. The maximum atomic E-state index is 12.4. The summed E-state index contributed by atoms with van der Waals surface area (Å²) in [5.41, 5.74) is 0. The Kier molecular flexibility index (Phi) is 7.06. The van der Waals surface area contributed by atoms with Crippen LogP contribution in [0.1, 0.15) is 0 Å². The van der Waals surface area contributed by atoms with E-state index in [9.17, 15) is 13.2 Å². The molecule has 0 spiro atoms. The van der Waals surface area contributed by atoms with E-state index >= 15 is 0 Å². The Hall–Kier alpha value is -1.68. The third kappa shape index (κ3) is 6.46. The van der Waals surface area contributed by atoms with E-state index in [4.69, 9.17) is 8.92 Å². The Morgan fingerprint density at radius 1 is 0.963 bits per heavy atom. The number of carbonyl (C=O) groups excluding carboxylic acids is 1. The molecule has 3 rings (SSSR count). The second-order valence-corrected chi connectivity index (χ2v) is 8.46. The van der Waals surface area contributed by atoms with Crippen molar-refractivity contribution < 1.29 is 22.1 Å². The number of morpholine rings is 1. The molecule has 2 fully saturated rings. The van der Waals surface area contributed by atoms with Gasteiger partial charge in [0, 0.05) is 45.8 Å². The van der Waals surface area contributed by atoms with Crippen molar-refractivity contribution in [2.24, 2.45) is 0 Å². The Bertz CT molecular complexity index is 699. The van der Waals surface area contributed by atoms with Gasteiger partial charge in [-0.15, -0.1) is 0 Å². The Morgan fingerprint density at radius 3 is 2.30 bits per heavy atom. The molecule has 2 saturated heterocycles. The maximum Gasteiger partial charge on any atom is 0.310 e. The van der Waals surface area contributed by atoms with Gasteiger partial charge in [-0.25, -0.2) is 0 Å². The van der Waals surface area contributed by atoms with Gasteiger partial charge in [0.05, 0.1) is 25.5 Å². The normalized spacial score (nSPS) is 19.8. The molecule has 150 valence electrons. The molecule has 2 aliphatic heterocycles. The summed E-state index contributed by atoms with van der Waals surface area (Å²) in [5, 5.41) is 0. The van der Waals surface area contributed by atoms with Gasteiger partial charge in [-0.2, -0.15) is 8.42 Å². The fourth-order valence-corrected chi connectivity index (χ4v) is 4.15. The minimum absolute atomic E-state index is 0.0659. The maximum absolute atomic E-state index is 12.4. The van der Waals surface area contributed by atoms with Crippen molar-refractivity contribution in [2.75, 3.05) is 71.3 Å². The molecular weight excluding hydrogens is 370 g/mol. The summed E-state index contributed by atoms with van der Waals surface area (Å²) in [6.07, 6.45) is 0. The van der Waals surface area contributed by atoms with E-state index in [2.05, 4.69) is 9.80 Å². The molecule has 0 bridgehead atoms. The number of nitrogens with zero attached hydrogens (tertiary/aromatic N) is 3. The first-order chi connectivity index (χ1) is 13.0. The smallest absolute Gasteiger partial charge is 0.310 e. The van der Waals surface area contributed by atoms with Crippen LogP contribution < -0.4 is 4.18 Å². The lowest BCUT2D eigenvalue weighted by molar-refractivity contribution is -0.135. The molecule has 2 heterocycles. The summed E-state index contributed by atoms with van der Waals surface area (Å²) >= 11 is 0. The van der Waals surface area contributed by atoms with Crippen molar-refractivity contribution >= 4 is 16.0 Å². The van der Waals surface area contributed by atoms with Gasteiger partial charge in [0.1, 0.15) is 5.75 Å². The standard InChI is InChI=1S/C18H27N3O5S/c22-18(16-20-10-13-25-14-11-20)21-8-6-19(7-9-21)12-15-27(23,24)26-17-4-2-1-3-5-17/h1-5H,6-16H2. The zero-order valence-electron chi connectivity index (χ0n) is 15.5. The number of carbonyl (C=O) groups is 1. The number of benzene rings is 1. The zero-order valence-corrected chi connectivity index (χ0v) is 16.3. The summed E-state index contributed by atoms with van der Waals surface area (Å²) in [6, 6.07) is 8.52. The van der Waals surface area contributed by atoms with Gasteiger partial charge in [0.25, 0.3) is 0 Å². The highest BCUT2D eigenvalue weighted by atomic mass is 32.2. The molecule has 0 atom stereocenters. The van der Waals surface area contributed by atoms with E-state index < -0.39 is 10.1 Å². The average molecular weight is 397 g/mol. The van der Waals surface area contributed by atoms with E-state index in [1.807, 2.05) is 4.90 Å². The minimum Gasteiger partial charge on any atom is -0.382 e. The molecular formula is C18H27N3O5S. The van der Waals surface area contributed by atoms with Crippen LogP contribution in [0.3, 0.4) is 0 Å². The number of amides is 1. The molecule has 0 saturated carbocycles. The lowest BCUT2D eigenvalue weighted by Crippen LogP contribution is -2.52. The topological polar surface area (TPSA) is 79.4 Å². The molecule has 2 aliphatic rings. The molecule has 9 heteroatoms. The van der Waals surface area contributed by atoms with Crippen molar-refractivity contribution in [2.45, 2.75) is 0 Å². The second-order valence-electron chi connectivity index (χ2n) is 6.77. The zero-order chi connectivity index (χ0) is 19.1. The van der Waals surface area contributed by atoms with Gasteiger partial charge in [-0.3, -0.25) is 14.6 Å². The fourth-order valence-electron chi connectivity index (χ4n) is 3.18. The van der Waals surface area contributed by atoms with Gasteiger partial charge in [0.15, 0.2) is 0 Å². The Morgan fingerprint density at radius 2 is 1.63 bits per heavy atom. The molecule has 8 nitrogen and oxygen atoms in total. The largest absolute Gasteiger partial charge is 0.382 e. The molecule has 0 radical (unpaired) electrons. The molecule has 0 unspecified atom stereocenters. The number of hydrogen-bond donors (Lipinski definition) is 0. The van der Waals surface area contributed by atoms with E-state index in [0.717, 1.165) is 13.1 Å². The predicted octanol–water partition coefficient (Wildman–Crippen LogP) is -0.128. The van der Waals surface area contributed by atoms with Crippen molar-refractivity contribution in [1.29, 1.82) is 0 Å². The first-order valence-corrected chi connectivity index (χ1v) is 10.9. The number of ether oxygens (including phenoxy) is 1. The molecule has 1 amide bonds. The van der Waals surface area contributed by atoms with Gasteiger partial charge in [-0.05, 0) is 12.1 Å². The average Bonchev–Trinajstić information content (AvgIpc) is 2.68. The van der Waals surface area contributed by atoms with Crippen LogP contribution in [0, 0.1) is 0 Å². The van der Waals surface area contributed by atoms with E-state index in [0.29, 0.717) is 58.2 Å². The van der Waals surface area contributed by atoms with Crippen molar-refractivity contribution in [3.8, 4) is 5.75 Å². The third-order valence-electron chi connectivity index (χ3n) is 4.81. The van der Waals surface area contributed by atoms with Crippen LogP contribution in [0.25, 0.3) is 0 Å². The predicted molar refractivity (Wildman–Crippen MR) is 101 cm³/mol. The molecule has 0 aromatic heterocycles. The minimum atomic E-state index is -3.62. The van der Waals surface area contributed by atoms with Crippen LogP contribution in [0.15, 0.2) is 30.3 Å². The summed E-state index contributed by atoms with van der Waals surface area (Å²) in [6.45, 7) is 6.40. The Labute approximate surface area is 160 Å². The summed E-state index contributed by atoms with van der Waals surface area (Å²) in [5.74, 6) is 0.400. The molecule has 1 aromatic rings. The quantitative estimate of drug-likeness (QED) is 0.593. The van der Waals surface area contributed by atoms with Gasteiger partial charge >= 0.3 is 10.1 Å². The SMILES string of the molecule is O=C(CN1CCOCC1)N1CCN(CCS(=O)(=O)Oc2ccccc2)CC1. The summed E-state index contributed by atoms with van der Waals surface area (Å²) in [7, 11) is -3.62. The highest BCUT2D eigenvalue weighted by molar-refractivity contribution is 7.87. The van der Waals surface area contributed by atoms with Crippen LogP contribution >= 0.6 is 0 Å². The van der Waals surface area contributed by atoms with Gasteiger partial charge in [0.2, 0.25) is 5.91 Å². The number of piperazine rings is 1. The van der Waals surface area contributed by atoms with Crippen LogP contribution in [0.2, 0.25) is 0 Å². The van der Waals surface area contributed by atoms with Gasteiger partial charge in [-0.1, -0.05) is 18.2 Å². The summed E-state index contributed by atoms with van der Waals surface area (Å²) in [4.78, 5) is 18.4. The Balaban J connectivity index is 1.38. The highest BCUT2D eigenvalue weighted by Crippen LogP contribution is 2.12. The number of hydrogen-bond acceptors (Lipinski definition) is 7. The second kappa shape index (κ2) is 9.50. The first kappa shape index (κ1) is 20.1. The molecule has 0 aliphatic carbocycles. The molecule has 27 heavy (non-hydrogen) atoms. The molecule has 0 N–H and O–H groups in total. The van der Waals surface area contributed by atoms with E-state index in [1.165, 1.54) is 0 Å². The fraction of sp³-hybridized carbons (Fsp3) is 0.611. The van der Waals surface area contributed by atoms with Crippen LogP contribution in [0.5, 0.6) is 5.75 Å². The van der Waals surface area contributed by atoms with Gasteiger partial charge < -0.3 is 13.8 Å². The van der Waals surface area contributed by atoms with Crippen molar-refractivity contribution in [3.63, 3.8) is 0 Å². The lowest BCUT2D eigenvalue weighted by atomic mass is 10.3. The van der Waals surface area contributed by atoms with Crippen molar-refractivity contribution in [1.82, 2.24) is 14.7 Å². The van der Waals surface area contributed by atoms with E-state index in [-0.39, 0.29) is 11.7 Å².